The summed E-state index contributed by atoms with van der Waals surface area (Å²) in [5.74, 6) is 0.213. The molecule has 1 aliphatic rings. The molecule has 1 aromatic heterocycles. The van der Waals surface area contributed by atoms with E-state index in [0.717, 1.165) is 31.5 Å². The minimum absolute atomic E-state index is 0.0493. The number of hydrogen-bond donors (Lipinski definition) is 1. The molecule has 1 atom stereocenters. The monoisotopic (exact) mass is 261 g/mol. The van der Waals surface area contributed by atoms with E-state index in [1.165, 1.54) is 6.42 Å². The summed E-state index contributed by atoms with van der Waals surface area (Å²) >= 11 is 0. The first kappa shape index (κ1) is 14.0. The minimum atomic E-state index is -0.0493. The summed E-state index contributed by atoms with van der Waals surface area (Å²) in [5, 5.41) is 3.22. The fourth-order valence-electron chi connectivity index (χ4n) is 2.94. The third-order valence-corrected chi connectivity index (χ3v) is 3.94. The van der Waals surface area contributed by atoms with Gasteiger partial charge in [0, 0.05) is 25.5 Å². The van der Waals surface area contributed by atoms with Gasteiger partial charge in [-0.3, -0.25) is 9.78 Å². The lowest BCUT2D eigenvalue weighted by atomic mass is 9.87. The standard InChI is InChI=1S/C15H23N3O/c1-15(12-16-2)7-3-4-9-18(15)14(19)10-13-6-5-8-17-11-13/h5-6,8,11,16H,3-4,7,9-10,12H2,1-2H3. The van der Waals surface area contributed by atoms with Crippen molar-refractivity contribution in [3.05, 3.63) is 30.1 Å². The highest BCUT2D eigenvalue weighted by molar-refractivity contribution is 5.79. The van der Waals surface area contributed by atoms with Gasteiger partial charge in [0.25, 0.3) is 0 Å². The number of rotatable bonds is 4. The van der Waals surface area contributed by atoms with Crippen LogP contribution in [0.25, 0.3) is 0 Å². The number of likely N-dealkylation sites (tertiary alicyclic amines) is 1. The van der Waals surface area contributed by atoms with Crippen molar-refractivity contribution in [2.75, 3.05) is 20.1 Å². The highest BCUT2D eigenvalue weighted by atomic mass is 16.2. The number of carbonyl (C=O) groups excluding carboxylic acids is 1. The van der Waals surface area contributed by atoms with Crippen molar-refractivity contribution in [1.82, 2.24) is 15.2 Å². The molecule has 1 aliphatic heterocycles. The number of carbonyl (C=O) groups is 1. The molecule has 104 valence electrons. The van der Waals surface area contributed by atoms with E-state index in [0.29, 0.717) is 6.42 Å². The van der Waals surface area contributed by atoms with Crippen LogP contribution in [0.15, 0.2) is 24.5 Å². The van der Waals surface area contributed by atoms with Crippen LogP contribution in [0.2, 0.25) is 0 Å². The van der Waals surface area contributed by atoms with Crippen LogP contribution in [-0.4, -0.2) is 41.5 Å². The Labute approximate surface area is 115 Å². The van der Waals surface area contributed by atoms with Gasteiger partial charge in [-0.05, 0) is 44.9 Å². The van der Waals surface area contributed by atoms with Crippen molar-refractivity contribution in [1.29, 1.82) is 0 Å². The Morgan fingerprint density at radius 3 is 3.05 bits per heavy atom. The van der Waals surface area contributed by atoms with Crippen molar-refractivity contribution < 1.29 is 4.79 Å². The summed E-state index contributed by atoms with van der Waals surface area (Å²) in [4.78, 5) is 18.7. The quantitative estimate of drug-likeness (QED) is 0.895. The third kappa shape index (κ3) is 3.32. The molecule has 1 saturated heterocycles. The summed E-state index contributed by atoms with van der Waals surface area (Å²) < 4.78 is 0. The van der Waals surface area contributed by atoms with E-state index in [9.17, 15) is 4.79 Å². The van der Waals surface area contributed by atoms with E-state index in [1.54, 1.807) is 12.4 Å². The van der Waals surface area contributed by atoms with Crippen LogP contribution in [0.5, 0.6) is 0 Å². The van der Waals surface area contributed by atoms with Crippen molar-refractivity contribution >= 4 is 5.91 Å². The number of hydrogen-bond acceptors (Lipinski definition) is 3. The fraction of sp³-hybridized carbons (Fsp3) is 0.600. The Bertz CT molecular complexity index is 417. The molecule has 0 spiro atoms. The predicted molar refractivity (Wildman–Crippen MR) is 75.8 cm³/mol. The molecule has 1 amide bonds. The number of piperidine rings is 1. The molecule has 1 fully saturated rings. The zero-order valence-electron chi connectivity index (χ0n) is 11.9. The smallest absolute Gasteiger partial charge is 0.227 e. The lowest BCUT2D eigenvalue weighted by molar-refractivity contribution is -0.138. The Hall–Kier alpha value is -1.42. The molecule has 0 aromatic carbocycles. The van der Waals surface area contributed by atoms with Gasteiger partial charge in [-0.15, -0.1) is 0 Å². The van der Waals surface area contributed by atoms with Gasteiger partial charge in [0.1, 0.15) is 0 Å². The summed E-state index contributed by atoms with van der Waals surface area (Å²) in [6.45, 7) is 3.91. The minimum Gasteiger partial charge on any atom is -0.336 e. The highest BCUT2D eigenvalue weighted by Crippen LogP contribution is 2.28. The molecule has 19 heavy (non-hydrogen) atoms. The van der Waals surface area contributed by atoms with Gasteiger partial charge in [-0.2, -0.15) is 0 Å². The zero-order valence-corrected chi connectivity index (χ0v) is 11.9. The van der Waals surface area contributed by atoms with E-state index >= 15 is 0 Å². The van der Waals surface area contributed by atoms with Gasteiger partial charge in [0.15, 0.2) is 0 Å². The van der Waals surface area contributed by atoms with E-state index in [1.807, 2.05) is 19.2 Å². The average Bonchev–Trinajstić information content (AvgIpc) is 2.40. The van der Waals surface area contributed by atoms with E-state index in [-0.39, 0.29) is 11.4 Å². The van der Waals surface area contributed by atoms with Crippen molar-refractivity contribution in [2.24, 2.45) is 0 Å². The fourth-order valence-corrected chi connectivity index (χ4v) is 2.94. The van der Waals surface area contributed by atoms with E-state index < -0.39 is 0 Å². The second-order valence-electron chi connectivity index (χ2n) is 5.57. The van der Waals surface area contributed by atoms with Gasteiger partial charge in [0.05, 0.1) is 12.0 Å². The summed E-state index contributed by atoms with van der Waals surface area (Å²) in [7, 11) is 1.95. The molecule has 0 saturated carbocycles. The van der Waals surface area contributed by atoms with E-state index in [2.05, 4.69) is 22.1 Å². The third-order valence-electron chi connectivity index (χ3n) is 3.94. The molecule has 2 rings (SSSR count). The Balaban J connectivity index is 2.07. The first-order chi connectivity index (χ1) is 9.15. The van der Waals surface area contributed by atoms with Crippen LogP contribution in [-0.2, 0) is 11.2 Å². The Kier molecular flexibility index (Phi) is 4.53. The molecular formula is C15H23N3O. The Morgan fingerprint density at radius 1 is 1.53 bits per heavy atom. The van der Waals surface area contributed by atoms with Crippen molar-refractivity contribution in [2.45, 2.75) is 38.1 Å². The van der Waals surface area contributed by atoms with Crippen molar-refractivity contribution in [3.63, 3.8) is 0 Å². The lowest BCUT2D eigenvalue weighted by Crippen LogP contribution is -2.57. The first-order valence-corrected chi connectivity index (χ1v) is 7.00. The van der Waals surface area contributed by atoms with Gasteiger partial charge in [-0.1, -0.05) is 6.07 Å². The normalized spacial score (nSPS) is 23.4. The molecule has 0 aliphatic carbocycles. The average molecular weight is 261 g/mol. The topological polar surface area (TPSA) is 45.2 Å². The molecule has 0 radical (unpaired) electrons. The zero-order chi connectivity index (χ0) is 13.7. The van der Waals surface area contributed by atoms with Crippen LogP contribution in [0, 0.1) is 0 Å². The maximum atomic E-state index is 12.5. The maximum absolute atomic E-state index is 12.5. The highest BCUT2D eigenvalue weighted by Gasteiger charge is 2.36. The number of likely N-dealkylation sites (N-methyl/N-ethyl adjacent to an activating group) is 1. The Morgan fingerprint density at radius 2 is 2.37 bits per heavy atom. The van der Waals surface area contributed by atoms with Crippen LogP contribution < -0.4 is 5.32 Å². The summed E-state index contributed by atoms with van der Waals surface area (Å²) in [5.41, 5.74) is 0.941. The molecule has 4 nitrogen and oxygen atoms in total. The number of nitrogens with one attached hydrogen (secondary N) is 1. The first-order valence-electron chi connectivity index (χ1n) is 7.00. The van der Waals surface area contributed by atoms with Crippen LogP contribution in [0.3, 0.4) is 0 Å². The molecule has 1 unspecified atom stereocenters. The largest absolute Gasteiger partial charge is 0.336 e. The molecule has 2 heterocycles. The molecule has 1 aromatic rings. The van der Waals surface area contributed by atoms with Crippen LogP contribution in [0.1, 0.15) is 31.7 Å². The van der Waals surface area contributed by atoms with Gasteiger partial charge >= 0.3 is 0 Å². The second-order valence-corrected chi connectivity index (χ2v) is 5.57. The second kappa shape index (κ2) is 6.15. The maximum Gasteiger partial charge on any atom is 0.227 e. The van der Waals surface area contributed by atoms with Crippen molar-refractivity contribution in [3.8, 4) is 0 Å². The van der Waals surface area contributed by atoms with Gasteiger partial charge in [-0.25, -0.2) is 0 Å². The molecule has 0 bridgehead atoms. The summed E-state index contributed by atoms with van der Waals surface area (Å²) in [6, 6.07) is 3.84. The predicted octanol–water partition coefficient (Wildman–Crippen LogP) is 1.61. The molecular weight excluding hydrogens is 238 g/mol. The number of amides is 1. The van der Waals surface area contributed by atoms with E-state index in [4.69, 9.17) is 0 Å². The number of aromatic nitrogens is 1. The van der Waals surface area contributed by atoms with Gasteiger partial charge in [0.2, 0.25) is 5.91 Å². The number of nitrogens with zero attached hydrogens (tertiary/aromatic N) is 2. The SMILES string of the molecule is CNCC1(C)CCCCN1C(=O)Cc1cccnc1. The van der Waals surface area contributed by atoms with Crippen LogP contribution in [0.4, 0.5) is 0 Å². The number of pyridine rings is 1. The van der Waals surface area contributed by atoms with Crippen LogP contribution >= 0.6 is 0 Å². The van der Waals surface area contributed by atoms with Gasteiger partial charge < -0.3 is 10.2 Å². The molecule has 1 N–H and O–H groups in total. The summed E-state index contributed by atoms with van der Waals surface area (Å²) in [6.07, 6.45) is 7.35. The lowest BCUT2D eigenvalue weighted by Gasteiger charge is -2.45. The molecule has 4 heteroatoms.